The maximum atomic E-state index is 12.3. The van der Waals surface area contributed by atoms with Gasteiger partial charge in [0.05, 0.1) is 0 Å². The third kappa shape index (κ3) is 4.43. The average Bonchev–Trinajstić information content (AvgIpc) is 2.69. The minimum Gasteiger partial charge on any atom is -0.480 e. The van der Waals surface area contributed by atoms with E-state index in [0.29, 0.717) is 6.42 Å². The Hall–Kier alpha value is -2.11. The maximum absolute atomic E-state index is 12.3. The van der Waals surface area contributed by atoms with Gasteiger partial charge in [0.2, 0.25) is 0 Å². The zero-order chi connectivity index (χ0) is 17.0. The number of aryl methyl sites for hydroxylation is 2. The summed E-state index contributed by atoms with van der Waals surface area (Å²) in [6.45, 7) is 3.77. The van der Waals surface area contributed by atoms with E-state index in [2.05, 4.69) is 10.3 Å². The van der Waals surface area contributed by atoms with Gasteiger partial charge < -0.3 is 15.4 Å². The van der Waals surface area contributed by atoms with Gasteiger partial charge in [0.25, 0.3) is 11.5 Å². The largest absolute Gasteiger partial charge is 0.480 e. The van der Waals surface area contributed by atoms with Gasteiger partial charge in [-0.25, -0.2) is 4.79 Å². The molecule has 1 aromatic heterocycles. The van der Waals surface area contributed by atoms with Crippen LogP contribution in [0, 0.1) is 5.92 Å². The zero-order valence-corrected chi connectivity index (χ0v) is 13.6. The van der Waals surface area contributed by atoms with Gasteiger partial charge in [-0.2, -0.15) is 0 Å². The minimum absolute atomic E-state index is 0.000608. The number of H-pyrrole nitrogens is 1. The van der Waals surface area contributed by atoms with Crippen molar-refractivity contribution >= 4 is 11.9 Å². The van der Waals surface area contributed by atoms with Crippen molar-refractivity contribution in [2.75, 3.05) is 0 Å². The SMILES string of the molecule is CC(C)C[C@H](NC(=O)c1cc2c([nH]c1=O)CCCCC2)C(=O)O. The summed E-state index contributed by atoms with van der Waals surface area (Å²) in [4.78, 5) is 38.6. The predicted octanol–water partition coefficient (Wildman–Crippen LogP) is 1.87. The zero-order valence-electron chi connectivity index (χ0n) is 13.6. The van der Waals surface area contributed by atoms with Gasteiger partial charge in [-0.15, -0.1) is 0 Å². The Balaban J connectivity index is 2.23. The highest BCUT2D eigenvalue weighted by atomic mass is 16.4. The first-order valence-corrected chi connectivity index (χ1v) is 8.17. The van der Waals surface area contributed by atoms with Crippen LogP contribution in [-0.2, 0) is 17.6 Å². The van der Waals surface area contributed by atoms with Gasteiger partial charge in [0.15, 0.2) is 0 Å². The lowest BCUT2D eigenvalue weighted by Gasteiger charge is -2.16. The van der Waals surface area contributed by atoms with Gasteiger partial charge >= 0.3 is 5.97 Å². The number of nitrogens with one attached hydrogen (secondary N) is 2. The number of carboxylic acid groups (broad SMARTS) is 1. The summed E-state index contributed by atoms with van der Waals surface area (Å²) in [7, 11) is 0. The van der Waals surface area contributed by atoms with Gasteiger partial charge in [0.1, 0.15) is 11.6 Å². The van der Waals surface area contributed by atoms with E-state index in [9.17, 15) is 19.5 Å². The molecule has 2 rings (SSSR count). The number of carbonyl (C=O) groups excluding carboxylic acids is 1. The summed E-state index contributed by atoms with van der Waals surface area (Å²) >= 11 is 0. The van der Waals surface area contributed by atoms with E-state index in [0.717, 1.165) is 43.4 Å². The summed E-state index contributed by atoms with van der Waals surface area (Å²) < 4.78 is 0. The minimum atomic E-state index is -1.08. The van der Waals surface area contributed by atoms with Crippen LogP contribution >= 0.6 is 0 Å². The molecule has 1 heterocycles. The fourth-order valence-electron chi connectivity index (χ4n) is 2.95. The summed E-state index contributed by atoms with van der Waals surface area (Å²) in [5.74, 6) is -1.58. The van der Waals surface area contributed by atoms with E-state index in [-0.39, 0.29) is 11.5 Å². The first-order chi connectivity index (χ1) is 10.9. The highest BCUT2D eigenvalue weighted by Gasteiger charge is 2.24. The van der Waals surface area contributed by atoms with Crippen LogP contribution < -0.4 is 10.9 Å². The number of amides is 1. The second kappa shape index (κ2) is 7.44. The third-order valence-corrected chi connectivity index (χ3v) is 4.14. The van der Waals surface area contributed by atoms with Crippen LogP contribution in [0.2, 0.25) is 0 Å². The molecule has 6 heteroatoms. The molecule has 0 unspecified atom stereocenters. The van der Waals surface area contributed by atoms with Crippen LogP contribution in [0.1, 0.15) is 61.1 Å². The van der Waals surface area contributed by atoms with E-state index >= 15 is 0 Å². The van der Waals surface area contributed by atoms with Crippen molar-refractivity contribution in [1.82, 2.24) is 10.3 Å². The summed E-state index contributed by atoms with van der Waals surface area (Å²) in [5.41, 5.74) is 1.45. The highest BCUT2D eigenvalue weighted by molar-refractivity contribution is 5.96. The van der Waals surface area contributed by atoms with Crippen molar-refractivity contribution in [2.45, 2.75) is 58.4 Å². The molecule has 1 atom stereocenters. The molecule has 23 heavy (non-hydrogen) atoms. The number of carbonyl (C=O) groups is 2. The topological polar surface area (TPSA) is 99.3 Å². The molecule has 1 amide bonds. The van der Waals surface area contributed by atoms with Crippen molar-refractivity contribution in [3.63, 3.8) is 0 Å². The van der Waals surface area contributed by atoms with Crippen molar-refractivity contribution < 1.29 is 14.7 Å². The lowest BCUT2D eigenvalue weighted by atomic mass is 10.0. The molecule has 0 bridgehead atoms. The average molecular weight is 320 g/mol. The summed E-state index contributed by atoms with van der Waals surface area (Å²) in [6.07, 6.45) is 5.14. The number of aromatic amines is 1. The number of aromatic nitrogens is 1. The van der Waals surface area contributed by atoms with E-state index in [1.54, 1.807) is 6.07 Å². The molecule has 1 aliphatic carbocycles. The molecular formula is C17H24N2O4. The standard InChI is InChI=1S/C17H24N2O4/c1-10(2)8-14(17(22)23)19-16(21)12-9-11-6-4-3-5-7-13(11)18-15(12)20/h9-10,14H,3-8H2,1-2H3,(H,18,20)(H,19,21)(H,22,23)/t14-/m0/s1. The predicted molar refractivity (Wildman–Crippen MR) is 86.7 cm³/mol. The maximum Gasteiger partial charge on any atom is 0.326 e. The number of fused-ring (bicyclic) bond motifs is 1. The van der Waals surface area contributed by atoms with Gasteiger partial charge in [-0.3, -0.25) is 9.59 Å². The number of aliphatic carboxylic acids is 1. The molecule has 3 N–H and O–H groups in total. The van der Waals surface area contributed by atoms with E-state index in [4.69, 9.17) is 0 Å². The molecular weight excluding hydrogens is 296 g/mol. The molecule has 6 nitrogen and oxygen atoms in total. The monoisotopic (exact) mass is 320 g/mol. The van der Waals surface area contributed by atoms with Crippen molar-refractivity contribution in [2.24, 2.45) is 5.92 Å². The van der Waals surface area contributed by atoms with Gasteiger partial charge in [-0.05, 0) is 49.7 Å². The van der Waals surface area contributed by atoms with E-state index in [1.807, 2.05) is 13.8 Å². The number of hydrogen-bond acceptors (Lipinski definition) is 3. The molecule has 1 aliphatic rings. The Labute approximate surface area is 135 Å². The van der Waals surface area contributed by atoms with Gasteiger partial charge in [0, 0.05) is 5.69 Å². The molecule has 0 aromatic carbocycles. The number of carboxylic acids is 1. The molecule has 0 saturated carbocycles. The fourth-order valence-corrected chi connectivity index (χ4v) is 2.95. The van der Waals surface area contributed by atoms with Gasteiger partial charge in [-0.1, -0.05) is 20.3 Å². The van der Waals surface area contributed by atoms with E-state index in [1.165, 1.54) is 0 Å². The molecule has 0 spiro atoms. The number of rotatable bonds is 5. The smallest absolute Gasteiger partial charge is 0.326 e. The molecule has 126 valence electrons. The molecule has 0 saturated heterocycles. The van der Waals surface area contributed by atoms with Crippen LogP contribution in [0.4, 0.5) is 0 Å². The lowest BCUT2D eigenvalue weighted by Crippen LogP contribution is -2.43. The number of pyridine rings is 1. The molecule has 1 aromatic rings. The Morgan fingerprint density at radius 3 is 2.61 bits per heavy atom. The summed E-state index contributed by atoms with van der Waals surface area (Å²) in [6, 6.07) is 0.643. The quantitative estimate of drug-likeness (QED) is 0.721. The third-order valence-electron chi connectivity index (χ3n) is 4.14. The van der Waals surface area contributed by atoms with Crippen LogP contribution in [0.15, 0.2) is 10.9 Å². The molecule has 0 fully saturated rings. The normalized spacial score (nSPS) is 15.6. The molecule has 0 aliphatic heterocycles. The second-order valence-electron chi connectivity index (χ2n) is 6.57. The van der Waals surface area contributed by atoms with Crippen LogP contribution in [-0.4, -0.2) is 28.0 Å². The van der Waals surface area contributed by atoms with Crippen molar-refractivity contribution in [1.29, 1.82) is 0 Å². The van der Waals surface area contributed by atoms with Crippen LogP contribution in [0.3, 0.4) is 0 Å². The summed E-state index contributed by atoms with van der Waals surface area (Å²) in [5, 5.41) is 11.7. The number of hydrogen-bond donors (Lipinski definition) is 3. The Kier molecular flexibility index (Phi) is 5.58. The fraction of sp³-hybridized carbons (Fsp3) is 0.588. The van der Waals surface area contributed by atoms with Crippen molar-refractivity contribution in [3.05, 3.63) is 33.2 Å². The Morgan fingerprint density at radius 2 is 1.96 bits per heavy atom. The van der Waals surface area contributed by atoms with Crippen LogP contribution in [0.25, 0.3) is 0 Å². The first kappa shape index (κ1) is 17.2. The second-order valence-corrected chi connectivity index (χ2v) is 6.57. The Morgan fingerprint density at radius 1 is 1.26 bits per heavy atom. The Bertz CT molecular complexity index is 648. The van der Waals surface area contributed by atoms with Crippen LogP contribution in [0.5, 0.6) is 0 Å². The highest BCUT2D eigenvalue weighted by Crippen LogP contribution is 2.18. The van der Waals surface area contributed by atoms with E-state index < -0.39 is 23.5 Å². The van der Waals surface area contributed by atoms with Crippen molar-refractivity contribution in [3.8, 4) is 0 Å². The first-order valence-electron chi connectivity index (χ1n) is 8.17. The molecule has 0 radical (unpaired) electrons. The lowest BCUT2D eigenvalue weighted by molar-refractivity contribution is -0.139.